The lowest BCUT2D eigenvalue weighted by molar-refractivity contribution is 0.0523. The van der Waals surface area contributed by atoms with E-state index >= 15 is 0 Å². The smallest absolute Gasteiger partial charge is 0.343 e. The number of hydrogen-bond donors (Lipinski definition) is 0. The monoisotopic (exact) mass is 429 g/mol. The molecule has 3 aromatic rings. The van der Waals surface area contributed by atoms with E-state index in [2.05, 4.69) is 11.8 Å². The molecule has 0 aliphatic carbocycles. The lowest BCUT2D eigenvalue weighted by Gasteiger charge is -2.13. The zero-order valence-electron chi connectivity index (χ0n) is 18.5. The second-order valence-electron chi connectivity index (χ2n) is 7.23. The molecule has 32 heavy (non-hydrogen) atoms. The van der Waals surface area contributed by atoms with E-state index in [1.165, 1.54) is 6.20 Å². The van der Waals surface area contributed by atoms with E-state index in [0.717, 1.165) is 29.5 Å². The van der Waals surface area contributed by atoms with Gasteiger partial charge in [-0.2, -0.15) is 0 Å². The van der Waals surface area contributed by atoms with Gasteiger partial charge < -0.3 is 14.0 Å². The molecule has 5 heteroatoms. The van der Waals surface area contributed by atoms with Gasteiger partial charge in [0.1, 0.15) is 5.56 Å². The van der Waals surface area contributed by atoms with Crippen LogP contribution in [0.3, 0.4) is 0 Å². The SMILES string of the molecule is CCCCOc1cn(Cc2ccccc2C#Cc2ccccc2)cc(C(=O)OCC)c1=O. The van der Waals surface area contributed by atoms with E-state index in [1.54, 1.807) is 17.7 Å². The van der Waals surface area contributed by atoms with Gasteiger partial charge in [0.2, 0.25) is 5.43 Å². The van der Waals surface area contributed by atoms with Gasteiger partial charge in [0, 0.05) is 23.9 Å². The quantitative estimate of drug-likeness (QED) is 0.297. The third-order valence-electron chi connectivity index (χ3n) is 4.78. The number of ether oxygens (including phenoxy) is 2. The van der Waals surface area contributed by atoms with Crippen molar-refractivity contribution in [1.82, 2.24) is 4.57 Å². The van der Waals surface area contributed by atoms with Crippen LogP contribution in [0.2, 0.25) is 0 Å². The average Bonchev–Trinajstić information content (AvgIpc) is 2.81. The molecule has 0 fully saturated rings. The minimum Gasteiger partial charge on any atom is -0.488 e. The standard InChI is InChI=1S/C27H27NO4/c1-3-5-17-32-25-20-28(19-24(26(25)29)27(30)31-4-2)18-23-14-10-9-13-22(23)16-15-21-11-7-6-8-12-21/h6-14,19-20H,3-5,17-18H2,1-2H3. The Bertz CT molecular complexity index is 1170. The molecule has 5 nitrogen and oxygen atoms in total. The zero-order chi connectivity index (χ0) is 22.8. The summed E-state index contributed by atoms with van der Waals surface area (Å²) in [6.07, 6.45) is 4.93. The largest absolute Gasteiger partial charge is 0.488 e. The van der Waals surface area contributed by atoms with Gasteiger partial charge in [-0.3, -0.25) is 4.79 Å². The number of hydrogen-bond acceptors (Lipinski definition) is 4. The molecule has 0 unspecified atom stereocenters. The summed E-state index contributed by atoms with van der Waals surface area (Å²) < 4.78 is 12.5. The van der Waals surface area contributed by atoms with Gasteiger partial charge in [0.25, 0.3) is 0 Å². The average molecular weight is 430 g/mol. The Labute approximate surface area is 188 Å². The summed E-state index contributed by atoms with van der Waals surface area (Å²) in [5.41, 5.74) is 2.29. The van der Waals surface area contributed by atoms with Crippen molar-refractivity contribution >= 4 is 5.97 Å². The van der Waals surface area contributed by atoms with Gasteiger partial charge in [-0.1, -0.05) is 61.6 Å². The Morgan fingerprint density at radius 2 is 1.72 bits per heavy atom. The van der Waals surface area contributed by atoms with Crippen LogP contribution in [0.25, 0.3) is 0 Å². The van der Waals surface area contributed by atoms with Crippen LogP contribution >= 0.6 is 0 Å². The molecule has 0 spiro atoms. The minimum atomic E-state index is -0.649. The fraction of sp³-hybridized carbons (Fsp3) is 0.259. The summed E-state index contributed by atoms with van der Waals surface area (Å²) in [4.78, 5) is 25.1. The first kappa shape index (κ1) is 22.9. The van der Waals surface area contributed by atoms with Crippen LogP contribution in [0, 0.1) is 11.8 Å². The topological polar surface area (TPSA) is 57.5 Å². The second kappa shape index (κ2) is 11.6. The first-order valence-electron chi connectivity index (χ1n) is 10.8. The van der Waals surface area contributed by atoms with Crippen molar-refractivity contribution < 1.29 is 14.3 Å². The Morgan fingerprint density at radius 3 is 2.47 bits per heavy atom. The van der Waals surface area contributed by atoms with E-state index in [-0.39, 0.29) is 17.9 Å². The molecule has 0 N–H and O–H groups in total. The highest BCUT2D eigenvalue weighted by molar-refractivity contribution is 5.89. The van der Waals surface area contributed by atoms with E-state index in [4.69, 9.17) is 9.47 Å². The number of esters is 1. The lowest BCUT2D eigenvalue weighted by atomic mass is 10.1. The molecule has 2 aromatic carbocycles. The predicted molar refractivity (Wildman–Crippen MR) is 125 cm³/mol. The number of carbonyl (C=O) groups is 1. The normalized spacial score (nSPS) is 10.2. The Balaban J connectivity index is 1.95. The number of benzene rings is 2. The lowest BCUT2D eigenvalue weighted by Crippen LogP contribution is -2.22. The van der Waals surface area contributed by atoms with E-state index in [1.807, 2.05) is 61.5 Å². The summed E-state index contributed by atoms with van der Waals surface area (Å²) in [5, 5.41) is 0. The van der Waals surface area contributed by atoms with Gasteiger partial charge in [-0.15, -0.1) is 0 Å². The van der Waals surface area contributed by atoms with Crippen molar-refractivity contribution in [3.05, 3.63) is 99.5 Å². The van der Waals surface area contributed by atoms with Crippen molar-refractivity contribution in [1.29, 1.82) is 0 Å². The van der Waals surface area contributed by atoms with Crippen LogP contribution < -0.4 is 10.2 Å². The number of unbranched alkanes of at least 4 members (excludes halogenated alkanes) is 1. The molecule has 164 valence electrons. The highest BCUT2D eigenvalue weighted by atomic mass is 16.5. The van der Waals surface area contributed by atoms with Crippen molar-refractivity contribution in [3.8, 4) is 17.6 Å². The molecule has 1 aromatic heterocycles. The maximum atomic E-state index is 12.7. The molecule has 0 saturated carbocycles. The van der Waals surface area contributed by atoms with E-state index in [0.29, 0.717) is 13.2 Å². The van der Waals surface area contributed by atoms with E-state index in [9.17, 15) is 9.59 Å². The molecule has 0 aliphatic heterocycles. The highest BCUT2D eigenvalue weighted by Crippen LogP contribution is 2.14. The van der Waals surface area contributed by atoms with Gasteiger partial charge in [-0.25, -0.2) is 4.79 Å². The molecule has 0 saturated heterocycles. The number of rotatable bonds is 8. The molecule has 0 bridgehead atoms. The van der Waals surface area contributed by atoms with Crippen LogP contribution in [-0.2, 0) is 11.3 Å². The molecule has 0 amide bonds. The number of nitrogens with zero attached hydrogens (tertiary/aromatic N) is 1. The maximum Gasteiger partial charge on any atom is 0.343 e. The first-order chi connectivity index (χ1) is 15.6. The molecular weight excluding hydrogens is 402 g/mol. The maximum absolute atomic E-state index is 12.7. The third kappa shape index (κ3) is 6.12. The van der Waals surface area contributed by atoms with Gasteiger partial charge in [0.05, 0.1) is 19.4 Å². The van der Waals surface area contributed by atoms with Crippen molar-refractivity contribution in [2.24, 2.45) is 0 Å². The number of carbonyl (C=O) groups excluding carboxylic acids is 1. The van der Waals surface area contributed by atoms with Crippen molar-refractivity contribution in [2.75, 3.05) is 13.2 Å². The summed E-state index contributed by atoms with van der Waals surface area (Å²) >= 11 is 0. The Kier molecular flexibility index (Phi) is 8.28. The zero-order valence-corrected chi connectivity index (χ0v) is 18.5. The predicted octanol–water partition coefficient (Wildman–Crippen LogP) is 4.65. The van der Waals surface area contributed by atoms with Gasteiger partial charge >= 0.3 is 5.97 Å². The van der Waals surface area contributed by atoms with Gasteiger partial charge in [0.15, 0.2) is 5.75 Å². The second-order valence-corrected chi connectivity index (χ2v) is 7.23. The van der Waals surface area contributed by atoms with Crippen LogP contribution in [0.4, 0.5) is 0 Å². The van der Waals surface area contributed by atoms with Crippen molar-refractivity contribution in [2.45, 2.75) is 33.2 Å². The van der Waals surface area contributed by atoms with Crippen LogP contribution in [0.1, 0.15) is 53.7 Å². The fourth-order valence-corrected chi connectivity index (χ4v) is 3.12. The molecule has 1 heterocycles. The Morgan fingerprint density at radius 1 is 0.969 bits per heavy atom. The number of pyridine rings is 1. The fourth-order valence-electron chi connectivity index (χ4n) is 3.12. The number of aromatic nitrogens is 1. The molecule has 0 radical (unpaired) electrons. The summed E-state index contributed by atoms with van der Waals surface area (Å²) in [6.45, 7) is 4.79. The molecule has 0 aliphatic rings. The van der Waals surface area contributed by atoms with Crippen LogP contribution in [0.5, 0.6) is 5.75 Å². The summed E-state index contributed by atoms with van der Waals surface area (Å²) in [6, 6.07) is 17.6. The van der Waals surface area contributed by atoms with Crippen LogP contribution in [0.15, 0.2) is 71.8 Å². The summed E-state index contributed by atoms with van der Waals surface area (Å²) in [7, 11) is 0. The molecular formula is C27H27NO4. The van der Waals surface area contributed by atoms with E-state index < -0.39 is 11.4 Å². The molecule has 0 atom stereocenters. The molecule has 3 rings (SSSR count). The first-order valence-corrected chi connectivity index (χ1v) is 10.8. The van der Waals surface area contributed by atoms with Crippen molar-refractivity contribution in [3.63, 3.8) is 0 Å². The third-order valence-corrected chi connectivity index (χ3v) is 4.78. The van der Waals surface area contributed by atoms with Gasteiger partial charge in [-0.05, 0) is 37.1 Å². The Hall–Kier alpha value is -3.78. The highest BCUT2D eigenvalue weighted by Gasteiger charge is 2.17. The minimum absolute atomic E-state index is 0.0336. The van der Waals surface area contributed by atoms with Crippen LogP contribution in [-0.4, -0.2) is 23.8 Å². The summed E-state index contributed by atoms with van der Waals surface area (Å²) in [5.74, 6) is 5.91.